The van der Waals surface area contributed by atoms with Crippen LogP contribution in [0.4, 0.5) is 0 Å². The van der Waals surface area contributed by atoms with E-state index >= 15 is 0 Å². The van der Waals surface area contributed by atoms with E-state index in [-0.39, 0.29) is 0 Å². The number of carboxylic acids is 2. The lowest BCUT2D eigenvalue weighted by atomic mass is 9.97. The zero-order valence-corrected chi connectivity index (χ0v) is 6.39. The third kappa shape index (κ3) is 3.21. The molecule has 0 heterocycles. The van der Waals surface area contributed by atoms with Crippen LogP contribution in [0.2, 0.25) is 0 Å². The molecular formula is C7H4N2O4-2. The Morgan fingerprint density at radius 3 is 1.54 bits per heavy atom. The van der Waals surface area contributed by atoms with Gasteiger partial charge in [-0.15, -0.1) is 0 Å². The maximum absolute atomic E-state index is 10.1. The summed E-state index contributed by atoms with van der Waals surface area (Å²) in [4.78, 5) is 20.3. The first-order valence-electron chi connectivity index (χ1n) is 3.23. The Labute approximate surface area is 73.6 Å². The summed E-state index contributed by atoms with van der Waals surface area (Å²) in [7, 11) is 0. The summed E-state index contributed by atoms with van der Waals surface area (Å²) in [6, 6.07) is 2.63. The third-order valence-corrected chi connectivity index (χ3v) is 1.35. The van der Waals surface area contributed by atoms with E-state index < -0.39 is 30.2 Å². The summed E-state index contributed by atoms with van der Waals surface area (Å²) in [5.74, 6) is -6.57. The number of carbonyl (C=O) groups is 2. The lowest BCUT2D eigenvalue weighted by Gasteiger charge is -2.14. The Morgan fingerprint density at radius 2 is 1.38 bits per heavy atom. The fraction of sp³-hybridized carbons (Fsp3) is 0.429. The summed E-state index contributed by atoms with van der Waals surface area (Å²) in [6.07, 6.45) is -0.613. The van der Waals surface area contributed by atoms with Crippen molar-refractivity contribution in [3.8, 4) is 12.1 Å². The van der Waals surface area contributed by atoms with E-state index in [1.54, 1.807) is 0 Å². The second kappa shape index (κ2) is 4.73. The number of carbonyl (C=O) groups excluding carboxylic acids is 2. The SMILES string of the molecule is N#CC(CC(C#N)C(=O)[O-])C(=O)[O-]. The second-order valence-corrected chi connectivity index (χ2v) is 2.24. The van der Waals surface area contributed by atoms with Gasteiger partial charge in [0, 0.05) is 0 Å². The zero-order valence-electron chi connectivity index (χ0n) is 6.39. The number of nitriles is 2. The van der Waals surface area contributed by atoms with Gasteiger partial charge in [0.25, 0.3) is 0 Å². The lowest BCUT2D eigenvalue weighted by Crippen LogP contribution is -2.36. The molecule has 0 radical (unpaired) electrons. The van der Waals surface area contributed by atoms with Crippen molar-refractivity contribution in [3.63, 3.8) is 0 Å². The normalized spacial score (nSPS) is 13.4. The molecule has 0 saturated heterocycles. The first kappa shape index (κ1) is 10.9. The molecule has 0 aromatic rings. The molecule has 0 rings (SSSR count). The predicted octanol–water partition coefficient (Wildman–Crippen LogP) is -2.84. The predicted molar refractivity (Wildman–Crippen MR) is 32.8 cm³/mol. The van der Waals surface area contributed by atoms with E-state index in [2.05, 4.69) is 0 Å². The van der Waals surface area contributed by atoms with Gasteiger partial charge < -0.3 is 19.8 Å². The molecule has 0 aliphatic heterocycles. The number of rotatable bonds is 4. The summed E-state index contributed by atoms with van der Waals surface area (Å²) in [6.45, 7) is 0. The molecule has 0 saturated carbocycles. The van der Waals surface area contributed by atoms with E-state index in [0.29, 0.717) is 0 Å². The van der Waals surface area contributed by atoms with Crippen LogP contribution in [-0.2, 0) is 9.59 Å². The van der Waals surface area contributed by atoms with Crippen molar-refractivity contribution in [1.82, 2.24) is 0 Å². The largest absolute Gasteiger partial charge is 0.549 e. The molecule has 0 spiro atoms. The van der Waals surface area contributed by atoms with Gasteiger partial charge in [-0.05, 0) is 6.42 Å². The highest BCUT2D eigenvalue weighted by Gasteiger charge is 2.17. The summed E-state index contributed by atoms with van der Waals surface area (Å²) in [5.41, 5.74) is 0. The van der Waals surface area contributed by atoms with Crippen LogP contribution < -0.4 is 10.2 Å². The van der Waals surface area contributed by atoms with Gasteiger partial charge >= 0.3 is 0 Å². The monoisotopic (exact) mass is 180 g/mol. The molecule has 0 amide bonds. The minimum atomic E-state index is -1.69. The molecule has 68 valence electrons. The van der Waals surface area contributed by atoms with E-state index in [1.165, 1.54) is 12.1 Å². The average Bonchev–Trinajstić information content (AvgIpc) is 2.05. The van der Waals surface area contributed by atoms with Crippen LogP contribution >= 0.6 is 0 Å². The van der Waals surface area contributed by atoms with Crippen LogP contribution in [0.25, 0.3) is 0 Å². The fourth-order valence-corrected chi connectivity index (χ4v) is 0.639. The molecule has 0 aromatic heterocycles. The Kier molecular flexibility index (Phi) is 3.97. The van der Waals surface area contributed by atoms with Crippen LogP contribution in [0, 0.1) is 34.5 Å². The molecule has 0 aliphatic rings. The van der Waals surface area contributed by atoms with Crippen molar-refractivity contribution in [1.29, 1.82) is 10.5 Å². The molecule has 6 heteroatoms. The topological polar surface area (TPSA) is 128 Å². The molecule has 0 aliphatic carbocycles. The molecule has 2 atom stereocenters. The van der Waals surface area contributed by atoms with Crippen LogP contribution in [0.1, 0.15) is 6.42 Å². The highest BCUT2D eigenvalue weighted by molar-refractivity contribution is 5.74. The van der Waals surface area contributed by atoms with Gasteiger partial charge in [-0.25, -0.2) is 0 Å². The van der Waals surface area contributed by atoms with Gasteiger partial charge in [-0.3, -0.25) is 0 Å². The van der Waals surface area contributed by atoms with Gasteiger partial charge in [0.05, 0.1) is 35.9 Å². The summed E-state index contributed by atoms with van der Waals surface area (Å²) >= 11 is 0. The maximum Gasteiger partial charge on any atom is 0.0874 e. The quantitative estimate of drug-likeness (QED) is 0.458. The van der Waals surface area contributed by atoms with Crippen molar-refractivity contribution in [2.75, 3.05) is 0 Å². The molecule has 0 aromatic carbocycles. The molecule has 0 N–H and O–H groups in total. The molecule has 6 nitrogen and oxygen atoms in total. The van der Waals surface area contributed by atoms with E-state index in [1.807, 2.05) is 0 Å². The average molecular weight is 180 g/mol. The second-order valence-electron chi connectivity index (χ2n) is 2.24. The van der Waals surface area contributed by atoms with E-state index in [9.17, 15) is 19.8 Å². The molecular weight excluding hydrogens is 176 g/mol. The number of nitrogens with zero attached hydrogens (tertiary/aromatic N) is 2. The third-order valence-electron chi connectivity index (χ3n) is 1.35. The minimum absolute atomic E-state index is 0.613. The standard InChI is InChI=1S/C7H6N2O4/c8-2-4(6(10)11)1-5(3-9)7(12)13/h4-5H,1H2,(H,10,11)(H,12,13)/p-2. The van der Waals surface area contributed by atoms with Crippen molar-refractivity contribution < 1.29 is 19.8 Å². The Balaban J connectivity index is 4.42. The first-order chi connectivity index (χ1) is 6.02. The first-order valence-corrected chi connectivity index (χ1v) is 3.23. The highest BCUT2D eigenvalue weighted by atomic mass is 16.4. The summed E-state index contributed by atoms with van der Waals surface area (Å²) < 4.78 is 0. The van der Waals surface area contributed by atoms with Gasteiger partial charge in [-0.1, -0.05) is 0 Å². The van der Waals surface area contributed by atoms with Gasteiger partial charge in [0.2, 0.25) is 0 Å². The molecule has 13 heavy (non-hydrogen) atoms. The smallest absolute Gasteiger partial charge is 0.0874 e. The Hall–Kier alpha value is -2.08. The van der Waals surface area contributed by atoms with Gasteiger partial charge in [0.1, 0.15) is 0 Å². The van der Waals surface area contributed by atoms with Crippen molar-refractivity contribution in [2.45, 2.75) is 6.42 Å². The number of hydrogen-bond acceptors (Lipinski definition) is 6. The van der Waals surface area contributed by atoms with Gasteiger partial charge in [0.15, 0.2) is 0 Å². The minimum Gasteiger partial charge on any atom is -0.549 e. The fourth-order valence-electron chi connectivity index (χ4n) is 0.639. The maximum atomic E-state index is 10.1. The van der Waals surface area contributed by atoms with Crippen LogP contribution in [0.15, 0.2) is 0 Å². The van der Waals surface area contributed by atoms with Crippen LogP contribution in [-0.4, -0.2) is 11.9 Å². The van der Waals surface area contributed by atoms with Crippen LogP contribution in [0.5, 0.6) is 0 Å². The number of hydrogen-bond donors (Lipinski definition) is 0. The van der Waals surface area contributed by atoms with Crippen LogP contribution in [0.3, 0.4) is 0 Å². The van der Waals surface area contributed by atoms with Crippen molar-refractivity contribution in [2.24, 2.45) is 11.8 Å². The van der Waals surface area contributed by atoms with E-state index in [0.717, 1.165) is 0 Å². The number of carboxylic acid groups (broad SMARTS) is 2. The van der Waals surface area contributed by atoms with Gasteiger partial charge in [-0.2, -0.15) is 10.5 Å². The molecule has 0 bridgehead atoms. The zero-order chi connectivity index (χ0) is 10.4. The van der Waals surface area contributed by atoms with E-state index in [4.69, 9.17) is 10.5 Å². The molecule has 2 unspecified atom stereocenters. The van der Waals surface area contributed by atoms with Crippen molar-refractivity contribution in [3.05, 3.63) is 0 Å². The number of aliphatic carboxylic acids is 2. The summed E-state index contributed by atoms with van der Waals surface area (Å²) in [5, 5.41) is 36.8. The Morgan fingerprint density at radius 1 is 1.08 bits per heavy atom. The Bertz CT molecular complexity index is 269. The highest BCUT2D eigenvalue weighted by Crippen LogP contribution is 2.09. The lowest BCUT2D eigenvalue weighted by molar-refractivity contribution is -0.312. The molecule has 0 fully saturated rings. The van der Waals surface area contributed by atoms with Crippen molar-refractivity contribution >= 4 is 11.9 Å².